The van der Waals surface area contributed by atoms with Crippen molar-refractivity contribution < 1.29 is 4.79 Å². The fourth-order valence-electron chi connectivity index (χ4n) is 2.94. The van der Waals surface area contributed by atoms with Gasteiger partial charge in [0.1, 0.15) is 0 Å². The maximum atomic E-state index is 12.6. The highest BCUT2D eigenvalue weighted by Gasteiger charge is 2.37. The van der Waals surface area contributed by atoms with E-state index in [9.17, 15) is 4.79 Å². The highest BCUT2D eigenvalue weighted by atomic mass is 16.2. The quantitative estimate of drug-likeness (QED) is 0.673. The summed E-state index contributed by atoms with van der Waals surface area (Å²) < 4.78 is 0. The second-order valence-electron chi connectivity index (χ2n) is 6.44. The summed E-state index contributed by atoms with van der Waals surface area (Å²) in [6.07, 6.45) is 6.83. The molecule has 1 heterocycles. The Morgan fingerprint density at radius 1 is 1.24 bits per heavy atom. The van der Waals surface area contributed by atoms with Crippen molar-refractivity contribution in [2.45, 2.75) is 84.5 Å². The molecule has 3 unspecified atom stereocenters. The van der Waals surface area contributed by atoms with Crippen molar-refractivity contribution in [2.75, 3.05) is 20.1 Å². The van der Waals surface area contributed by atoms with Gasteiger partial charge in [0.15, 0.2) is 0 Å². The zero-order chi connectivity index (χ0) is 15.8. The molecule has 0 aromatic carbocycles. The third-order valence-corrected chi connectivity index (χ3v) is 4.80. The molecule has 4 heteroatoms. The lowest BCUT2D eigenvalue weighted by molar-refractivity contribution is -0.130. The van der Waals surface area contributed by atoms with Crippen LogP contribution in [0.25, 0.3) is 0 Å². The molecule has 21 heavy (non-hydrogen) atoms. The van der Waals surface area contributed by atoms with E-state index in [1.807, 2.05) is 0 Å². The van der Waals surface area contributed by atoms with Crippen LogP contribution in [0.3, 0.4) is 0 Å². The van der Waals surface area contributed by atoms with Gasteiger partial charge in [0.05, 0.1) is 12.2 Å². The van der Waals surface area contributed by atoms with E-state index in [2.05, 4.69) is 49.9 Å². The standard InChI is InChI=1S/C17H35N3O/c1-6-9-11-15-17(21)20(16(18-15)10-7-2)13-12-19(5)14(4)8-3/h14-16,18H,6-13H2,1-5H3. The molecule has 124 valence electrons. The van der Waals surface area contributed by atoms with Gasteiger partial charge in [0.2, 0.25) is 5.91 Å². The Balaban J connectivity index is 2.57. The van der Waals surface area contributed by atoms with Crippen LogP contribution in [-0.2, 0) is 4.79 Å². The molecular weight excluding hydrogens is 262 g/mol. The summed E-state index contributed by atoms with van der Waals surface area (Å²) in [5.41, 5.74) is 0. The smallest absolute Gasteiger partial charge is 0.241 e. The molecule has 0 spiro atoms. The second kappa shape index (κ2) is 9.42. The number of unbranched alkanes of at least 4 members (excludes halogenated alkanes) is 1. The SMILES string of the molecule is CCCCC1NC(CCC)N(CCN(C)C(C)CC)C1=O. The summed E-state index contributed by atoms with van der Waals surface area (Å²) in [6, 6.07) is 0.631. The molecule has 1 aliphatic rings. The number of carbonyl (C=O) groups excluding carboxylic acids is 1. The van der Waals surface area contributed by atoms with E-state index in [0.29, 0.717) is 11.9 Å². The minimum Gasteiger partial charge on any atom is -0.325 e. The van der Waals surface area contributed by atoms with Gasteiger partial charge < -0.3 is 9.80 Å². The van der Waals surface area contributed by atoms with Crippen LogP contribution >= 0.6 is 0 Å². The Morgan fingerprint density at radius 3 is 2.52 bits per heavy atom. The lowest BCUT2D eigenvalue weighted by Crippen LogP contribution is -2.43. The zero-order valence-electron chi connectivity index (χ0n) is 14.7. The minimum absolute atomic E-state index is 0.0513. The van der Waals surface area contributed by atoms with Gasteiger partial charge in [-0.25, -0.2) is 0 Å². The van der Waals surface area contributed by atoms with Crippen molar-refractivity contribution in [3.05, 3.63) is 0 Å². The molecule has 0 bridgehead atoms. The first-order chi connectivity index (χ1) is 10.0. The molecule has 1 saturated heterocycles. The third kappa shape index (κ3) is 5.26. The van der Waals surface area contributed by atoms with Crippen LogP contribution in [0, 0.1) is 0 Å². The Bertz CT molecular complexity index is 308. The maximum absolute atomic E-state index is 12.6. The van der Waals surface area contributed by atoms with Crippen LogP contribution < -0.4 is 5.32 Å². The second-order valence-corrected chi connectivity index (χ2v) is 6.44. The van der Waals surface area contributed by atoms with Crippen molar-refractivity contribution in [3.8, 4) is 0 Å². The average molecular weight is 297 g/mol. The van der Waals surface area contributed by atoms with Gasteiger partial charge >= 0.3 is 0 Å². The number of nitrogens with one attached hydrogen (secondary N) is 1. The number of nitrogens with zero attached hydrogens (tertiary/aromatic N) is 2. The van der Waals surface area contributed by atoms with E-state index in [0.717, 1.165) is 51.6 Å². The number of hydrogen-bond acceptors (Lipinski definition) is 3. The van der Waals surface area contributed by atoms with E-state index < -0.39 is 0 Å². The topological polar surface area (TPSA) is 35.6 Å². The molecule has 1 N–H and O–H groups in total. The van der Waals surface area contributed by atoms with E-state index in [1.165, 1.54) is 0 Å². The van der Waals surface area contributed by atoms with E-state index >= 15 is 0 Å². The van der Waals surface area contributed by atoms with E-state index in [1.54, 1.807) is 0 Å². The maximum Gasteiger partial charge on any atom is 0.241 e. The summed E-state index contributed by atoms with van der Waals surface area (Å²) in [5.74, 6) is 0.319. The summed E-state index contributed by atoms with van der Waals surface area (Å²) in [5, 5.41) is 3.55. The van der Waals surface area contributed by atoms with Crippen molar-refractivity contribution in [1.82, 2.24) is 15.1 Å². The fraction of sp³-hybridized carbons (Fsp3) is 0.941. The molecule has 0 aromatic rings. The first-order valence-corrected chi connectivity index (χ1v) is 8.81. The molecule has 0 aromatic heterocycles. The predicted molar refractivity (Wildman–Crippen MR) is 89.2 cm³/mol. The van der Waals surface area contributed by atoms with Crippen LogP contribution in [0.4, 0.5) is 0 Å². The summed E-state index contributed by atoms with van der Waals surface area (Å²) in [7, 11) is 2.16. The monoisotopic (exact) mass is 297 g/mol. The largest absolute Gasteiger partial charge is 0.325 e. The Labute approximate surface area is 131 Å². The molecule has 3 atom stereocenters. The average Bonchev–Trinajstić information content (AvgIpc) is 2.78. The third-order valence-electron chi connectivity index (χ3n) is 4.80. The number of amides is 1. The first-order valence-electron chi connectivity index (χ1n) is 8.81. The molecule has 1 rings (SSSR count). The van der Waals surface area contributed by atoms with E-state index in [4.69, 9.17) is 0 Å². The van der Waals surface area contributed by atoms with Crippen LogP contribution in [0.1, 0.15) is 66.2 Å². The summed E-state index contributed by atoms with van der Waals surface area (Å²) in [6.45, 7) is 10.6. The molecule has 1 fully saturated rings. The minimum atomic E-state index is 0.0513. The van der Waals surface area contributed by atoms with E-state index in [-0.39, 0.29) is 12.2 Å². The van der Waals surface area contributed by atoms with Crippen molar-refractivity contribution >= 4 is 5.91 Å². The van der Waals surface area contributed by atoms with Crippen molar-refractivity contribution in [3.63, 3.8) is 0 Å². The van der Waals surface area contributed by atoms with Gasteiger partial charge in [0, 0.05) is 19.1 Å². The van der Waals surface area contributed by atoms with Gasteiger partial charge in [0.25, 0.3) is 0 Å². The molecule has 0 radical (unpaired) electrons. The molecule has 0 saturated carbocycles. The first kappa shape index (κ1) is 18.4. The zero-order valence-corrected chi connectivity index (χ0v) is 14.7. The Morgan fingerprint density at radius 2 is 1.95 bits per heavy atom. The number of rotatable bonds is 10. The van der Waals surface area contributed by atoms with Crippen LogP contribution in [0.15, 0.2) is 0 Å². The predicted octanol–water partition coefficient (Wildman–Crippen LogP) is 2.83. The molecule has 4 nitrogen and oxygen atoms in total. The summed E-state index contributed by atoms with van der Waals surface area (Å²) in [4.78, 5) is 17.0. The lowest BCUT2D eigenvalue weighted by Gasteiger charge is -2.29. The fourth-order valence-corrected chi connectivity index (χ4v) is 2.94. The number of carbonyl (C=O) groups is 1. The van der Waals surface area contributed by atoms with Crippen molar-refractivity contribution in [2.24, 2.45) is 0 Å². The van der Waals surface area contributed by atoms with Crippen molar-refractivity contribution in [1.29, 1.82) is 0 Å². The van der Waals surface area contributed by atoms with Crippen LogP contribution in [0.5, 0.6) is 0 Å². The Kier molecular flexibility index (Phi) is 8.27. The van der Waals surface area contributed by atoms with Gasteiger partial charge in [-0.15, -0.1) is 0 Å². The van der Waals surface area contributed by atoms with Crippen LogP contribution in [-0.4, -0.2) is 54.1 Å². The van der Waals surface area contributed by atoms with Gasteiger partial charge in [-0.3, -0.25) is 10.1 Å². The molecule has 1 aliphatic heterocycles. The van der Waals surface area contributed by atoms with Crippen LogP contribution in [0.2, 0.25) is 0 Å². The van der Waals surface area contributed by atoms with Gasteiger partial charge in [-0.2, -0.15) is 0 Å². The normalized spacial score (nSPS) is 24.1. The Hall–Kier alpha value is -0.610. The number of hydrogen-bond donors (Lipinski definition) is 1. The highest BCUT2D eigenvalue weighted by Crippen LogP contribution is 2.18. The number of likely N-dealkylation sites (N-methyl/N-ethyl adjacent to an activating group) is 1. The summed E-state index contributed by atoms with van der Waals surface area (Å²) >= 11 is 0. The lowest BCUT2D eigenvalue weighted by atomic mass is 10.1. The molecule has 0 aliphatic carbocycles. The van der Waals surface area contributed by atoms with Gasteiger partial charge in [-0.05, 0) is 33.2 Å². The molecule has 1 amide bonds. The highest BCUT2D eigenvalue weighted by molar-refractivity contribution is 5.84. The van der Waals surface area contributed by atoms with Gasteiger partial charge in [-0.1, -0.05) is 40.0 Å². The molecular formula is C17H35N3O.